The zero-order valence-electron chi connectivity index (χ0n) is 13.8. The molecule has 0 radical (unpaired) electrons. The second-order valence-corrected chi connectivity index (χ2v) is 5.90. The van der Waals surface area contributed by atoms with Crippen LogP contribution in [0.5, 0.6) is 0 Å². The molecule has 8 heteroatoms. The molecule has 1 aliphatic heterocycles. The predicted octanol–water partition coefficient (Wildman–Crippen LogP) is 1.25. The molecule has 0 spiro atoms. The van der Waals surface area contributed by atoms with Gasteiger partial charge in [-0.2, -0.15) is 0 Å². The summed E-state index contributed by atoms with van der Waals surface area (Å²) >= 11 is 0. The highest BCUT2D eigenvalue weighted by molar-refractivity contribution is 8.93. The second kappa shape index (κ2) is 7.79. The maximum atomic E-state index is 12.3. The van der Waals surface area contributed by atoms with E-state index >= 15 is 0 Å². The van der Waals surface area contributed by atoms with Crippen LogP contribution < -0.4 is 21.6 Å². The van der Waals surface area contributed by atoms with Crippen LogP contribution in [0.4, 0.5) is 5.69 Å². The number of anilines is 1. The van der Waals surface area contributed by atoms with Crippen molar-refractivity contribution in [2.24, 2.45) is 5.73 Å². The van der Waals surface area contributed by atoms with E-state index in [9.17, 15) is 14.4 Å². The van der Waals surface area contributed by atoms with Gasteiger partial charge in [0.2, 0.25) is 11.8 Å². The summed E-state index contributed by atoms with van der Waals surface area (Å²) in [6.07, 6.45) is 1.49. The normalized spacial score (nSPS) is 16.6. The highest BCUT2D eigenvalue weighted by Crippen LogP contribution is 2.29. The molecule has 0 saturated carbocycles. The van der Waals surface area contributed by atoms with Gasteiger partial charge in [-0.25, -0.2) is 4.79 Å². The van der Waals surface area contributed by atoms with E-state index in [4.69, 9.17) is 10.2 Å². The van der Waals surface area contributed by atoms with E-state index in [1.165, 1.54) is 6.07 Å². The zero-order valence-corrected chi connectivity index (χ0v) is 15.5. The van der Waals surface area contributed by atoms with Gasteiger partial charge in [-0.3, -0.25) is 14.9 Å². The van der Waals surface area contributed by atoms with Gasteiger partial charge in [0.25, 0.3) is 0 Å². The topological polar surface area (TPSA) is 106 Å². The number of hydrogen-bond acceptors (Lipinski definition) is 6. The van der Waals surface area contributed by atoms with Crippen molar-refractivity contribution in [1.29, 1.82) is 0 Å². The van der Waals surface area contributed by atoms with Crippen molar-refractivity contribution < 1.29 is 14.0 Å². The quantitative estimate of drug-likeness (QED) is 0.738. The van der Waals surface area contributed by atoms with Crippen LogP contribution in [0.25, 0.3) is 11.0 Å². The average molecular weight is 410 g/mol. The highest BCUT2D eigenvalue weighted by atomic mass is 79.9. The zero-order chi connectivity index (χ0) is 17.3. The Morgan fingerprint density at radius 3 is 2.84 bits per heavy atom. The molecule has 1 aromatic heterocycles. The van der Waals surface area contributed by atoms with Gasteiger partial charge in [0, 0.05) is 29.8 Å². The lowest BCUT2D eigenvalue weighted by Crippen LogP contribution is -2.47. The van der Waals surface area contributed by atoms with E-state index in [1.807, 2.05) is 24.0 Å². The third-order valence-electron chi connectivity index (χ3n) is 4.27. The van der Waals surface area contributed by atoms with E-state index in [0.29, 0.717) is 18.5 Å². The SMILES string of the molecule is Br.Cc1cc(=O)oc2cc(N3CCC[C@H]3C(=O)NC(=O)CN)ccc12. The number of halogens is 1. The molecule has 134 valence electrons. The van der Waals surface area contributed by atoms with Gasteiger partial charge in [-0.05, 0) is 37.5 Å². The minimum Gasteiger partial charge on any atom is -0.423 e. The smallest absolute Gasteiger partial charge is 0.336 e. The molecule has 0 bridgehead atoms. The Morgan fingerprint density at radius 2 is 2.12 bits per heavy atom. The number of carbonyl (C=O) groups excluding carboxylic acids is 2. The number of aryl methyl sites for hydroxylation is 1. The Balaban J connectivity index is 0.00000225. The van der Waals surface area contributed by atoms with E-state index in [1.54, 1.807) is 6.07 Å². The molecule has 1 aliphatic rings. The molecule has 1 aromatic carbocycles. The lowest BCUT2D eigenvalue weighted by atomic mass is 10.1. The van der Waals surface area contributed by atoms with Crippen LogP contribution >= 0.6 is 17.0 Å². The fraction of sp³-hybridized carbons (Fsp3) is 0.353. The number of nitrogens with one attached hydrogen (secondary N) is 1. The third kappa shape index (κ3) is 3.91. The number of imide groups is 1. The van der Waals surface area contributed by atoms with Crippen molar-refractivity contribution in [2.75, 3.05) is 18.0 Å². The summed E-state index contributed by atoms with van der Waals surface area (Å²) in [6.45, 7) is 2.32. The molecular formula is C17H20BrN3O4. The maximum Gasteiger partial charge on any atom is 0.336 e. The Kier molecular flexibility index (Phi) is 5.97. The Bertz CT molecular complexity index is 865. The van der Waals surface area contributed by atoms with Gasteiger partial charge in [0.1, 0.15) is 11.6 Å². The number of nitrogens with zero attached hydrogens (tertiary/aromatic N) is 1. The number of nitrogens with two attached hydrogens (primary N) is 1. The Labute approximate surface area is 154 Å². The summed E-state index contributed by atoms with van der Waals surface area (Å²) in [5.74, 6) is -0.847. The lowest BCUT2D eigenvalue weighted by Gasteiger charge is -2.25. The lowest BCUT2D eigenvalue weighted by molar-refractivity contribution is -0.130. The number of benzene rings is 1. The summed E-state index contributed by atoms with van der Waals surface area (Å²) in [5.41, 5.74) is 6.95. The summed E-state index contributed by atoms with van der Waals surface area (Å²) in [6, 6.07) is 6.55. The van der Waals surface area contributed by atoms with E-state index < -0.39 is 17.6 Å². The van der Waals surface area contributed by atoms with Crippen molar-refractivity contribution in [3.05, 3.63) is 40.2 Å². The largest absolute Gasteiger partial charge is 0.423 e. The second-order valence-electron chi connectivity index (χ2n) is 5.90. The molecule has 1 saturated heterocycles. The standard InChI is InChI=1S/C17H19N3O4.BrH/c1-10-7-16(22)24-14-8-11(4-5-12(10)14)20-6-2-3-13(20)17(23)19-15(21)9-18;/h4-5,7-8,13H,2-3,6,9,18H2,1H3,(H,19,21,23);1H/t13-;/m0./s1. The molecular weight excluding hydrogens is 390 g/mol. The first-order valence-electron chi connectivity index (χ1n) is 7.84. The van der Waals surface area contributed by atoms with E-state index in [2.05, 4.69) is 5.32 Å². The number of rotatable bonds is 3. The van der Waals surface area contributed by atoms with Crippen molar-refractivity contribution in [3.63, 3.8) is 0 Å². The predicted molar refractivity (Wildman–Crippen MR) is 100 cm³/mol. The molecule has 1 fully saturated rings. The molecule has 2 aromatic rings. The number of fused-ring (bicyclic) bond motifs is 1. The summed E-state index contributed by atoms with van der Waals surface area (Å²) < 4.78 is 5.27. The third-order valence-corrected chi connectivity index (χ3v) is 4.27. The van der Waals surface area contributed by atoms with Crippen molar-refractivity contribution in [1.82, 2.24) is 5.32 Å². The first-order valence-corrected chi connectivity index (χ1v) is 7.84. The molecule has 7 nitrogen and oxygen atoms in total. The summed E-state index contributed by atoms with van der Waals surface area (Å²) in [5, 5.41) is 3.17. The molecule has 1 atom stereocenters. The average Bonchev–Trinajstić information content (AvgIpc) is 3.03. The van der Waals surface area contributed by atoms with Gasteiger partial charge in [0.15, 0.2) is 0 Å². The number of amides is 2. The van der Waals surface area contributed by atoms with Gasteiger partial charge < -0.3 is 15.1 Å². The van der Waals surface area contributed by atoms with Crippen LogP contribution in [0.3, 0.4) is 0 Å². The molecule has 3 rings (SSSR count). The molecule has 2 amide bonds. The Morgan fingerprint density at radius 1 is 1.36 bits per heavy atom. The molecule has 0 aliphatic carbocycles. The molecule has 25 heavy (non-hydrogen) atoms. The highest BCUT2D eigenvalue weighted by Gasteiger charge is 2.31. The van der Waals surface area contributed by atoms with Crippen molar-refractivity contribution in [2.45, 2.75) is 25.8 Å². The van der Waals surface area contributed by atoms with Gasteiger partial charge in [-0.15, -0.1) is 17.0 Å². The van der Waals surface area contributed by atoms with E-state index in [0.717, 1.165) is 23.1 Å². The maximum absolute atomic E-state index is 12.3. The van der Waals surface area contributed by atoms with Crippen LogP contribution in [-0.2, 0) is 9.59 Å². The van der Waals surface area contributed by atoms with E-state index in [-0.39, 0.29) is 29.4 Å². The number of carbonyl (C=O) groups is 2. The minimum atomic E-state index is -0.494. The minimum absolute atomic E-state index is 0. The summed E-state index contributed by atoms with van der Waals surface area (Å²) in [4.78, 5) is 37.1. The van der Waals surface area contributed by atoms with Crippen LogP contribution in [0.1, 0.15) is 18.4 Å². The summed E-state index contributed by atoms with van der Waals surface area (Å²) in [7, 11) is 0. The fourth-order valence-corrected chi connectivity index (χ4v) is 3.11. The van der Waals surface area contributed by atoms with Crippen LogP contribution in [-0.4, -0.2) is 30.9 Å². The molecule has 3 N–H and O–H groups in total. The van der Waals surface area contributed by atoms with Gasteiger partial charge in [-0.1, -0.05) is 0 Å². The fourth-order valence-electron chi connectivity index (χ4n) is 3.11. The van der Waals surface area contributed by atoms with Crippen LogP contribution in [0, 0.1) is 6.92 Å². The van der Waals surface area contributed by atoms with Crippen LogP contribution in [0.15, 0.2) is 33.5 Å². The van der Waals surface area contributed by atoms with Crippen LogP contribution in [0.2, 0.25) is 0 Å². The molecule has 2 heterocycles. The Hall–Kier alpha value is -2.19. The molecule has 0 unspecified atom stereocenters. The van der Waals surface area contributed by atoms with Crippen molar-refractivity contribution >= 4 is 45.5 Å². The number of hydrogen-bond donors (Lipinski definition) is 2. The monoisotopic (exact) mass is 409 g/mol. The van der Waals surface area contributed by atoms with Gasteiger partial charge in [0.05, 0.1) is 6.54 Å². The van der Waals surface area contributed by atoms with Gasteiger partial charge >= 0.3 is 5.63 Å². The first kappa shape index (κ1) is 19.1. The first-order chi connectivity index (χ1) is 11.5. The van der Waals surface area contributed by atoms with Crippen molar-refractivity contribution in [3.8, 4) is 0 Å².